The topological polar surface area (TPSA) is 42.2 Å². The highest BCUT2D eigenvalue weighted by Gasteiger charge is 2.21. The molecule has 6 heteroatoms. The van der Waals surface area contributed by atoms with Gasteiger partial charge in [-0.2, -0.15) is 5.10 Å². The van der Waals surface area contributed by atoms with Crippen molar-refractivity contribution in [3.8, 4) is 0 Å². The number of hydrogen-bond acceptors (Lipinski definition) is 3. The Labute approximate surface area is 136 Å². The Morgan fingerprint density at radius 1 is 1.27 bits per heavy atom. The van der Waals surface area contributed by atoms with Crippen LogP contribution in [0.1, 0.15) is 25.5 Å². The molecular formula is C16H16BrFN4. The third-order valence-electron chi connectivity index (χ3n) is 3.59. The van der Waals surface area contributed by atoms with Gasteiger partial charge >= 0.3 is 0 Å². The number of anilines is 1. The summed E-state index contributed by atoms with van der Waals surface area (Å²) in [6, 6.07) is 6.65. The first kappa shape index (κ1) is 15.0. The Morgan fingerprint density at radius 3 is 2.77 bits per heavy atom. The number of rotatable bonds is 4. The molecule has 0 spiro atoms. The van der Waals surface area contributed by atoms with Crippen molar-refractivity contribution in [1.29, 1.82) is 0 Å². The lowest BCUT2D eigenvalue weighted by Crippen LogP contribution is -2.19. The predicted octanol–water partition coefficient (Wildman–Crippen LogP) is 4.44. The van der Waals surface area contributed by atoms with Crippen molar-refractivity contribution in [2.24, 2.45) is 5.92 Å². The third-order valence-corrected chi connectivity index (χ3v) is 4.17. The summed E-state index contributed by atoms with van der Waals surface area (Å²) in [4.78, 5) is 4.39. The Kier molecular flexibility index (Phi) is 4.11. The summed E-state index contributed by atoms with van der Waals surface area (Å²) >= 11 is 3.48. The van der Waals surface area contributed by atoms with Crippen molar-refractivity contribution in [2.75, 3.05) is 5.32 Å². The molecule has 0 saturated carbocycles. The second-order valence-corrected chi connectivity index (χ2v) is 6.30. The first-order valence-electron chi connectivity index (χ1n) is 7.06. The molecule has 0 saturated heterocycles. The second-order valence-electron chi connectivity index (χ2n) is 5.45. The van der Waals surface area contributed by atoms with Crippen molar-refractivity contribution in [2.45, 2.75) is 19.9 Å². The highest BCUT2D eigenvalue weighted by molar-refractivity contribution is 9.10. The summed E-state index contributed by atoms with van der Waals surface area (Å²) in [6.07, 6.45) is 5.17. The Bertz CT molecular complexity index is 800. The van der Waals surface area contributed by atoms with E-state index >= 15 is 0 Å². The predicted molar refractivity (Wildman–Crippen MR) is 88.3 cm³/mol. The second kappa shape index (κ2) is 6.04. The highest BCUT2D eigenvalue weighted by atomic mass is 79.9. The van der Waals surface area contributed by atoms with Gasteiger partial charge in [0.2, 0.25) is 0 Å². The zero-order valence-corrected chi connectivity index (χ0v) is 13.9. The minimum atomic E-state index is -0.215. The van der Waals surface area contributed by atoms with Crippen molar-refractivity contribution in [3.63, 3.8) is 0 Å². The lowest BCUT2D eigenvalue weighted by atomic mass is 9.95. The summed E-state index contributed by atoms with van der Waals surface area (Å²) < 4.78 is 16.7. The van der Waals surface area contributed by atoms with Gasteiger partial charge in [-0.05, 0) is 27.9 Å². The van der Waals surface area contributed by atoms with Gasteiger partial charge in [-0.1, -0.05) is 32.0 Å². The maximum absolute atomic E-state index is 14.1. The molecule has 3 rings (SSSR count). The highest BCUT2D eigenvalue weighted by Crippen LogP contribution is 2.31. The van der Waals surface area contributed by atoms with E-state index in [0.717, 1.165) is 9.99 Å². The number of benzene rings is 1. The Hall–Kier alpha value is -1.95. The van der Waals surface area contributed by atoms with Crippen molar-refractivity contribution >= 4 is 27.3 Å². The first-order chi connectivity index (χ1) is 10.6. The van der Waals surface area contributed by atoms with E-state index in [1.165, 1.54) is 6.07 Å². The van der Waals surface area contributed by atoms with E-state index in [9.17, 15) is 4.39 Å². The molecule has 0 bridgehead atoms. The zero-order chi connectivity index (χ0) is 15.7. The van der Waals surface area contributed by atoms with Crippen LogP contribution < -0.4 is 5.32 Å². The molecule has 0 amide bonds. The van der Waals surface area contributed by atoms with Crippen LogP contribution in [-0.4, -0.2) is 14.6 Å². The largest absolute Gasteiger partial charge is 0.361 e. The van der Waals surface area contributed by atoms with E-state index in [2.05, 4.69) is 45.2 Å². The van der Waals surface area contributed by atoms with Crippen LogP contribution in [0.3, 0.4) is 0 Å². The molecule has 4 nitrogen and oxygen atoms in total. The molecule has 0 radical (unpaired) electrons. The van der Waals surface area contributed by atoms with Gasteiger partial charge in [0.05, 0.1) is 16.7 Å². The lowest BCUT2D eigenvalue weighted by Gasteiger charge is -2.24. The van der Waals surface area contributed by atoms with E-state index in [1.54, 1.807) is 35.2 Å². The van der Waals surface area contributed by atoms with Crippen molar-refractivity contribution < 1.29 is 4.39 Å². The minimum Gasteiger partial charge on any atom is -0.361 e. The summed E-state index contributed by atoms with van der Waals surface area (Å²) in [5, 5.41) is 7.60. The van der Waals surface area contributed by atoms with E-state index in [0.29, 0.717) is 11.4 Å². The van der Waals surface area contributed by atoms with Gasteiger partial charge in [-0.15, -0.1) is 0 Å². The standard InChI is InChI=1S/C16H16BrFN4/c1-10(2)14(11-5-3-4-6-13(11)18)21-16-15-12(17)9-20-22(15)8-7-19-16/h3-10,14H,1-2H3,(H,19,21). The maximum Gasteiger partial charge on any atom is 0.153 e. The van der Waals surface area contributed by atoms with Crippen LogP contribution in [0.25, 0.3) is 5.52 Å². The molecule has 1 unspecified atom stereocenters. The molecule has 0 aliphatic carbocycles. The molecule has 1 aromatic carbocycles. The number of halogens is 2. The normalized spacial score (nSPS) is 12.8. The van der Waals surface area contributed by atoms with Crippen LogP contribution in [0.15, 0.2) is 47.3 Å². The number of fused-ring (bicyclic) bond motifs is 1. The number of hydrogen-bond donors (Lipinski definition) is 1. The van der Waals surface area contributed by atoms with Crippen molar-refractivity contribution in [3.05, 3.63) is 58.7 Å². The monoisotopic (exact) mass is 362 g/mol. The quantitative estimate of drug-likeness (QED) is 0.745. The van der Waals surface area contributed by atoms with E-state index < -0.39 is 0 Å². The van der Waals surface area contributed by atoms with E-state index in [4.69, 9.17) is 0 Å². The molecule has 2 heterocycles. The van der Waals surface area contributed by atoms with Crippen LogP contribution in [0.2, 0.25) is 0 Å². The number of nitrogens with one attached hydrogen (secondary N) is 1. The number of aromatic nitrogens is 3. The third kappa shape index (κ3) is 2.70. The van der Waals surface area contributed by atoms with Gasteiger partial charge in [-0.3, -0.25) is 0 Å². The maximum atomic E-state index is 14.1. The Balaban J connectivity index is 2.04. The van der Waals surface area contributed by atoms with Crippen LogP contribution in [-0.2, 0) is 0 Å². The summed E-state index contributed by atoms with van der Waals surface area (Å²) in [7, 11) is 0. The van der Waals surface area contributed by atoms with E-state index in [1.807, 2.05) is 6.07 Å². The molecule has 0 aliphatic rings. The SMILES string of the molecule is CC(C)C(Nc1nccn2ncc(Br)c12)c1ccccc1F. The zero-order valence-electron chi connectivity index (χ0n) is 12.3. The van der Waals surface area contributed by atoms with Crippen LogP contribution in [0, 0.1) is 11.7 Å². The van der Waals surface area contributed by atoms with Gasteiger partial charge in [0, 0.05) is 18.0 Å². The molecular weight excluding hydrogens is 347 g/mol. The molecule has 2 aromatic heterocycles. The average molecular weight is 363 g/mol. The number of nitrogens with zero attached hydrogens (tertiary/aromatic N) is 3. The van der Waals surface area contributed by atoms with Gasteiger partial charge in [0.25, 0.3) is 0 Å². The molecule has 0 aliphatic heterocycles. The first-order valence-corrected chi connectivity index (χ1v) is 7.86. The van der Waals surface area contributed by atoms with Gasteiger partial charge in [0.15, 0.2) is 5.82 Å². The molecule has 3 aromatic rings. The minimum absolute atomic E-state index is 0.179. The van der Waals surface area contributed by atoms with E-state index in [-0.39, 0.29) is 17.8 Å². The van der Waals surface area contributed by atoms with Crippen molar-refractivity contribution in [1.82, 2.24) is 14.6 Å². The molecule has 114 valence electrons. The molecule has 0 fully saturated rings. The molecule has 1 N–H and O–H groups in total. The van der Waals surface area contributed by atoms with Crippen LogP contribution >= 0.6 is 15.9 Å². The summed E-state index contributed by atoms with van der Waals surface area (Å²) in [6.45, 7) is 4.10. The van der Waals surface area contributed by atoms with Crippen LogP contribution in [0.5, 0.6) is 0 Å². The van der Waals surface area contributed by atoms with Gasteiger partial charge in [0.1, 0.15) is 11.3 Å². The fraction of sp³-hybridized carbons (Fsp3) is 0.250. The summed E-state index contributed by atoms with van der Waals surface area (Å²) in [5.41, 5.74) is 1.47. The average Bonchev–Trinajstić information content (AvgIpc) is 2.88. The summed E-state index contributed by atoms with van der Waals surface area (Å²) in [5.74, 6) is 0.655. The van der Waals surface area contributed by atoms with Gasteiger partial charge < -0.3 is 5.32 Å². The van der Waals surface area contributed by atoms with Crippen LogP contribution in [0.4, 0.5) is 10.2 Å². The van der Waals surface area contributed by atoms with Gasteiger partial charge in [-0.25, -0.2) is 13.9 Å². The fourth-order valence-electron chi connectivity index (χ4n) is 2.49. The fourth-order valence-corrected chi connectivity index (χ4v) is 2.95. The Morgan fingerprint density at radius 2 is 2.05 bits per heavy atom. The smallest absolute Gasteiger partial charge is 0.153 e. The lowest BCUT2D eigenvalue weighted by molar-refractivity contribution is 0.509. The molecule has 1 atom stereocenters. The molecule has 22 heavy (non-hydrogen) atoms.